The average molecular weight is 395 g/mol. The summed E-state index contributed by atoms with van der Waals surface area (Å²) in [6, 6.07) is 8.68. The van der Waals surface area contributed by atoms with Crippen molar-refractivity contribution in [3.8, 4) is 0 Å². The molecule has 2 aliphatic rings. The van der Waals surface area contributed by atoms with Crippen molar-refractivity contribution in [3.63, 3.8) is 0 Å². The van der Waals surface area contributed by atoms with Crippen LogP contribution < -0.4 is 16.0 Å². The summed E-state index contributed by atoms with van der Waals surface area (Å²) < 4.78 is 5.56. The van der Waals surface area contributed by atoms with Gasteiger partial charge in [-0.25, -0.2) is 0 Å². The lowest BCUT2D eigenvalue weighted by Gasteiger charge is -2.23. The number of aryl methyl sites for hydroxylation is 1. The number of amides is 3. The molecule has 29 heavy (non-hydrogen) atoms. The number of carbonyl (C=O) groups is 3. The van der Waals surface area contributed by atoms with Gasteiger partial charge in [0.25, 0.3) is 5.91 Å². The van der Waals surface area contributed by atoms with Crippen LogP contribution in [0.2, 0.25) is 0 Å². The first-order valence-corrected chi connectivity index (χ1v) is 10.0. The van der Waals surface area contributed by atoms with Gasteiger partial charge in [-0.1, -0.05) is 6.07 Å². The first kappa shape index (κ1) is 19.2. The van der Waals surface area contributed by atoms with Gasteiger partial charge < -0.3 is 20.4 Å². The van der Waals surface area contributed by atoms with Crippen molar-refractivity contribution in [1.82, 2.24) is 10.6 Å². The molecule has 7 nitrogen and oxygen atoms in total. The predicted octanol–water partition coefficient (Wildman–Crippen LogP) is 2.65. The lowest BCUT2D eigenvalue weighted by molar-refractivity contribution is -0.123. The van der Waals surface area contributed by atoms with E-state index < -0.39 is 0 Å². The van der Waals surface area contributed by atoms with E-state index in [9.17, 15) is 14.4 Å². The number of hydrogen-bond donors (Lipinski definition) is 3. The normalized spacial score (nSPS) is 21.4. The third-order valence-corrected chi connectivity index (χ3v) is 5.74. The van der Waals surface area contributed by atoms with E-state index in [0.717, 1.165) is 30.6 Å². The first-order valence-electron chi connectivity index (χ1n) is 10.0. The van der Waals surface area contributed by atoms with Crippen molar-refractivity contribution in [2.45, 2.75) is 57.5 Å². The van der Waals surface area contributed by atoms with Gasteiger partial charge in [0, 0.05) is 23.3 Å². The summed E-state index contributed by atoms with van der Waals surface area (Å²) in [7, 11) is 0. The number of rotatable bonds is 5. The van der Waals surface area contributed by atoms with Crippen molar-refractivity contribution in [3.05, 3.63) is 53.0 Å². The van der Waals surface area contributed by atoms with Crippen LogP contribution in [0.15, 0.2) is 34.7 Å². The van der Waals surface area contributed by atoms with Crippen LogP contribution in [0.25, 0.3) is 0 Å². The molecule has 1 aliphatic heterocycles. The van der Waals surface area contributed by atoms with Crippen LogP contribution in [-0.2, 0) is 16.0 Å². The van der Waals surface area contributed by atoms with Gasteiger partial charge in [0.15, 0.2) is 0 Å². The maximum absolute atomic E-state index is 12.7. The highest BCUT2D eigenvalue weighted by Crippen LogP contribution is 2.26. The maximum atomic E-state index is 12.7. The van der Waals surface area contributed by atoms with Gasteiger partial charge >= 0.3 is 0 Å². The molecule has 1 aromatic carbocycles. The van der Waals surface area contributed by atoms with Crippen LogP contribution in [0, 0.1) is 6.92 Å². The molecule has 0 radical (unpaired) electrons. The van der Waals surface area contributed by atoms with Crippen LogP contribution in [0.1, 0.15) is 59.5 Å². The van der Waals surface area contributed by atoms with Crippen molar-refractivity contribution in [1.29, 1.82) is 0 Å². The second kappa shape index (κ2) is 7.73. The fraction of sp³-hybridized carbons (Fsp3) is 0.409. The zero-order valence-electron chi connectivity index (χ0n) is 16.6. The molecule has 3 atom stereocenters. The van der Waals surface area contributed by atoms with Gasteiger partial charge in [-0.15, -0.1) is 0 Å². The van der Waals surface area contributed by atoms with Crippen molar-refractivity contribution in [2.24, 2.45) is 0 Å². The number of fused-ring (bicyclic) bond motifs is 1. The average Bonchev–Trinajstić information content (AvgIpc) is 3.40. The zero-order valence-corrected chi connectivity index (χ0v) is 16.6. The van der Waals surface area contributed by atoms with Gasteiger partial charge in [0.2, 0.25) is 11.8 Å². The molecule has 1 saturated carbocycles. The predicted molar refractivity (Wildman–Crippen MR) is 108 cm³/mol. The summed E-state index contributed by atoms with van der Waals surface area (Å²) in [5.41, 5.74) is 2.10. The van der Waals surface area contributed by atoms with E-state index in [0.29, 0.717) is 23.4 Å². The number of anilines is 1. The number of carbonyl (C=O) groups excluding carboxylic acids is 3. The molecular weight excluding hydrogens is 370 g/mol. The van der Waals surface area contributed by atoms with Crippen molar-refractivity contribution >= 4 is 23.4 Å². The van der Waals surface area contributed by atoms with Crippen molar-refractivity contribution < 1.29 is 18.8 Å². The number of hydrogen-bond acceptors (Lipinski definition) is 4. The lowest BCUT2D eigenvalue weighted by Crippen LogP contribution is -2.49. The Hall–Kier alpha value is -3.09. The first-order chi connectivity index (χ1) is 13.9. The maximum Gasteiger partial charge on any atom is 0.251 e. The van der Waals surface area contributed by atoms with Crippen LogP contribution in [0.3, 0.4) is 0 Å². The minimum atomic E-state index is -0.388. The SMILES string of the molecule is Cc1ccc(C(C)C(=O)N[C@@H]2CCC[C@H]2NC(=O)c2ccc3c(c2)NC(=O)C3)o1. The van der Waals surface area contributed by atoms with E-state index in [1.54, 1.807) is 12.1 Å². The molecule has 2 heterocycles. The lowest BCUT2D eigenvalue weighted by atomic mass is 10.1. The molecule has 0 bridgehead atoms. The van der Waals surface area contributed by atoms with Gasteiger partial charge in [0.05, 0.1) is 12.3 Å². The Morgan fingerprint density at radius 1 is 1.14 bits per heavy atom. The Balaban J connectivity index is 1.38. The molecule has 0 saturated heterocycles. The molecule has 0 spiro atoms. The van der Waals surface area contributed by atoms with E-state index in [2.05, 4.69) is 16.0 Å². The Labute approximate surface area is 169 Å². The standard InChI is InChI=1S/C22H25N3O4/c1-12-6-9-19(29-12)13(2)21(27)24-16-4-3-5-17(16)25-22(28)15-8-7-14-11-20(26)23-18(14)10-15/h6-10,13,16-17H,3-5,11H2,1-2H3,(H,23,26)(H,24,27)(H,25,28)/t13?,16-,17-/m1/s1. The summed E-state index contributed by atoms with van der Waals surface area (Å²) in [5, 5.41) is 8.88. The third-order valence-electron chi connectivity index (χ3n) is 5.74. The summed E-state index contributed by atoms with van der Waals surface area (Å²) in [6.45, 7) is 3.66. The zero-order chi connectivity index (χ0) is 20.5. The minimum Gasteiger partial charge on any atom is -0.466 e. The summed E-state index contributed by atoms with van der Waals surface area (Å²) >= 11 is 0. The Kier molecular flexibility index (Phi) is 5.13. The molecule has 1 unspecified atom stereocenters. The molecule has 7 heteroatoms. The molecule has 152 valence electrons. The van der Waals surface area contributed by atoms with Gasteiger partial charge in [-0.05, 0) is 62.9 Å². The van der Waals surface area contributed by atoms with Crippen LogP contribution in [-0.4, -0.2) is 29.8 Å². The second-order valence-corrected chi connectivity index (χ2v) is 7.89. The van der Waals surface area contributed by atoms with E-state index >= 15 is 0 Å². The quantitative estimate of drug-likeness (QED) is 0.725. The monoisotopic (exact) mass is 395 g/mol. The van der Waals surface area contributed by atoms with Gasteiger partial charge in [-0.3, -0.25) is 14.4 Å². The highest BCUT2D eigenvalue weighted by molar-refractivity contribution is 6.02. The van der Waals surface area contributed by atoms with Crippen LogP contribution >= 0.6 is 0 Å². The number of benzene rings is 1. The molecule has 2 aromatic rings. The van der Waals surface area contributed by atoms with Gasteiger partial charge in [-0.2, -0.15) is 0 Å². The molecule has 1 fully saturated rings. The second-order valence-electron chi connectivity index (χ2n) is 7.89. The molecule has 4 rings (SSSR count). The highest BCUT2D eigenvalue weighted by Gasteiger charge is 2.32. The van der Waals surface area contributed by atoms with E-state index in [1.165, 1.54) is 0 Å². The number of furan rings is 1. The van der Waals surface area contributed by atoms with E-state index in [1.807, 2.05) is 32.0 Å². The van der Waals surface area contributed by atoms with E-state index in [4.69, 9.17) is 4.42 Å². The molecular formula is C22H25N3O4. The van der Waals surface area contributed by atoms with Gasteiger partial charge in [0.1, 0.15) is 11.5 Å². The minimum absolute atomic E-state index is 0.0583. The van der Waals surface area contributed by atoms with Crippen molar-refractivity contribution in [2.75, 3.05) is 5.32 Å². The smallest absolute Gasteiger partial charge is 0.251 e. The molecule has 1 aliphatic carbocycles. The Morgan fingerprint density at radius 2 is 1.90 bits per heavy atom. The summed E-state index contributed by atoms with van der Waals surface area (Å²) in [6.07, 6.45) is 2.92. The fourth-order valence-electron chi connectivity index (χ4n) is 4.04. The summed E-state index contributed by atoms with van der Waals surface area (Å²) in [4.78, 5) is 36.9. The molecule has 3 N–H and O–H groups in total. The Bertz CT molecular complexity index is 965. The van der Waals surface area contributed by atoms with E-state index in [-0.39, 0.29) is 35.7 Å². The van der Waals surface area contributed by atoms with Crippen LogP contribution in [0.4, 0.5) is 5.69 Å². The summed E-state index contributed by atoms with van der Waals surface area (Å²) in [5.74, 6) is 0.661. The third kappa shape index (κ3) is 4.04. The largest absolute Gasteiger partial charge is 0.466 e. The topological polar surface area (TPSA) is 100 Å². The van der Waals surface area contributed by atoms with Crippen LogP contribution in [0.5, 0.6) is 0 Å². The molecule has 3 amide bonds. The highest BCUT2D eigenvalue weighted by atomic mass is 16.3. The Morgan fingerprint density at radius 3 is 2.62 bits per heavy atom. The fourth-order valence-corrected chi connectivity index (χ4v) is 4.04. The number of nitrogens with one attached hydrogen (secondary N) is 3. The molecule has 1 aromatic heterocycles.